The lowest BCUT2D eigenvalue weighted by atomic mass is 10.0. The zero-order valence-electron chi connectivity index (χ0n) is 12.2. The first kappa shape index (κ1) is 13.8. The molecule has 108 valence electrons. The van der Waals surface area contributed by atoms with Gasteiger partial charge < -0.3 is 0 Å². The molecule has 0 radical (unpaired) electrons. The molecule has 2 aromatic carbocycles. The molecule has 22 heavy (non-hydrogen) atoms. The fraction of sp³-hybridized carbons (Fsp3) is 0.118. The molecule has 0 fully saturated rings. The third kappa shape index (κ3) is 2.96. The largest absolute Gasteiger partial charge is 0.260 e. The third-order valence-electron chi connectivity index (χ3n) is 3.40. The number of hydrogen-bond acceptors (Lipinski definition) is 4. The van der Waals surface area contributed by atoms with E-state index in [0.29, 0.717) is 12.1 Å². The van der Waals surface area contributed by atoms with Crippen molar-refractivity contribution in [3.05, 3.63) is 77.9 Å². The Kier molecular flexibility index (Phi) is 3.84. The lowest BCUT2D eigenvalue weighted by molar-refractivity contribution is 0.610. The molecule has 0 aliphatic rings. The predicted molar refractivity (Wildman–Crippen MR) is 83.9 cm³/mol. The summed E-state index contributed by atoms with van der Waals surface area (Å²) >= 11 is 0. The molecule has 5 heteroatoms. The number of aryl methyl sites for hydroxylation is 1. The molecule has 0 amide bonds. The smallest absolute Gasteiger partial charge is 0.139 e. The number of benzene rings is 2. The standard InChI is InChI=1S/C17H15N5/c1-14-2-4-16(5-3-14)11-21(22-13-19-12-20-22)17-8-6-15(10-18)7-9-17/h2-9,12-13H,11H2,1H3/i1-1. The summed E-state index contributed by atoms with van der Waals surface area (Å²) in [6.45, 7) is 2.73. The van der Waals surface area contributed by atoms with Crippen LogP contribution in [0, 0.1) is 18.3 Å². The molecule has 0 N–H and O–H groups in total. The molecule has 0 atom stereocenters. The van der Waals surface area contributed by atoms with Gasteiger partial charge in [0.15, 0.2) is 0 Å². The maximum Gasteiger partial charge on any atom is 0.139 e. The average molecular weight is 288 g/mol. The summed E-state index contributed by atoms with van der Waals surface area (Å²) in [4.78, 5) is 5.71. The summed E-state index contributed by atoms with van der Waals surface area (Å²) in [7, 11) is 0. The van der Waals surface area contributed by atoms with Gasteiger partial charge in [-0.05, 0) is 36.8 Å². The van der Waals surface area contributed by atoms with Crippen molar-refractivity contribution >= 4 is 5.69 Å². The molecule has 0 spiro atoms. The fourth-order valence-electron chi connectivity index (χ4n) is 2.18. The van der Waals surface area contributed by atoms with E-state index in [9.17, 15) is 0 Å². The second-order valence-corrected chi connectivity index (χ2v) is 5.02. The molecule has 1 aromatic heterocycles. The Labute approximate surface area is 129 Å². The van der Waals surface area contributed by atoms with E-state index < -0.39 is 0 Å². The molecule has 5 nitrogen and oxygen atoms in total. The second kappa shape index (κ2) is 6.10. The van der Waals surface area contributed by atoms with Crippen LogP contribution in [-0.2, 0) is 6.54 Å². The molecule has 3 aromatic rings. The number of nitriles is 1. The zero-order chi connectivity index (χ0) is 15.4. The van der Waals surface area contributed by atoms with Gasteiger partial charge in [-0.2, -0.15) is 10.1 Å². The van der Waals surface area contributed by atoms with E-state index in [1.807, 2.05) is 17.1 Å². The predicted octanol–water partition coefficient (Wildman–Crippen LogP) is 2.93. The van der Waals surface area contributed by atoms with Crippen LogP contribution in [0.1, 0.15) is 16.7 Å². The van der Waals surface area contributed by atoms with E-state index in [1.165, 1.54) is 17.5 Å². The molecular formula is C17H15N5. The van der Waals surface area contributed by atoms with Crippen molar-refractivity contribution in [2.24, 2.45) is 0 Å². The highest BCUT2D eigenvalue weighted by Gasteiger charge is 2.10. The minimum Gasteiger partial charge on any atom is -0.260 e. The molecule has 3 rings (SSSR count). The Bertz CT molecular complexity index is 767. The van der Waals surface area contributed by atoms with Gasteiger partial charge in [-0.25, -0.2) is 4.98 Å². The lowest BCUT2D eigenvalue weighted by Crippen LogP contribution is -2.29. The summed E-state index contributed by atoms with van der Waals surface area (Å²) in [5.74, 6) is 0. The number of rotatable bonds is 4. The van der Waals surface area contributed by atoms with Gasteiger partial charge in [0.05, 0.1) is 23.9 Å². The molecular weight excluding hydrogens is 273 g/mol. The topological polar surface area (TPSA) is 57.7 Å². The Morgan fingerprint density at radius 2 is 1.82 bits per heavy atom. The van der Waals surface area contributed by atoms with Crippen molar-refractivity contribution in [1.82, 2.24) is 14.9 Å². The van der Waals surface area contributed by atoms with E-state index in [0.717, 1.165) is 5.69 Å². The van der Waals surface area contributed by atoms with Crippen molar-refractivity contribution in [3.8, 4) is 6.07 Å². The number of anilines is 1. The molecule has 0 saturated carbocycles. The minimum absolute atomic E-state index is 0.637. The van der Waals surface area contributed by atoms with Crippen molar-refractivity contribution in [2.45, 2.75) is 13.5 Å². The highest BCUT2D eigenvalue weighted by molar-refractivity contribution is 5.49. The van der Waals surface area contributed by atoms with Crippen LogP contribution in [-0.4, -0.2) is 14.9 Å². The summed E-state index contributed by atoms with van der Waals surface area (Å²) < 4.78 is 0. The monoisotopic (exact) mass is 288 g/mol. The van der Waals surface area contributed by atoms with E-state index in [4.69, 9.17) is 5.26 Å². The first-order valence-electron chi connectivity index (χ1n) is 6.94. The number of hydrogen-bond donors (Lipinski definition) is 0. The zero-order valence-corrected chi connectivity index (χ0v) is 12.2. The molecule has 0 unspecified atom stereocenters. The Morgan fingerprint density at radius 1 is 1.09 bits per heavy atom. The van der Waals surface area contributed by atoms with Crippen LogP contribution < -0.4 is 5.01 Å². The van der Waals surface area contributed by atoms with E-state index in [2.05, 4.69) is 47.3 Å². The van der Waals surface area contributed by atoms with Crippen LogP contribution in [0.3, 0.4) is 0 Å². The SMILES string of the molecule is [11CH3]c1ccc(CN(c2ccc(C#N)cc2)n2cncn2)cc1. The van der Waals surface area contributed by atoms with Gasteiger partial charge in [-0.15, -0.1) is 5.10 Å². The van der Waals surface area contributed by atoms with Crippen molar-refractivity contribution in [1.29, 1.82) is 5.26 Å². The van der Waals surface area contributed by atoms with Gasteiger partial charge in [-0.1, -0.05) is 29.8 Å². The first-order valence-corrected chi connectivity index (χ1v) is 6.94. The van der Waals surface area contributed by atoms with Gasteiger partial charge >= 0.3 is 0 Å². The minimum atomic E-state index is 0.637. The number of nitrogens with zero attached hydrogens (tertiary/aromatic N) is 5. The third-order valence-corrected chi connectivity index (χ3v) is 3.40. The summed E-state index contributed by atoms with van der Waals surface area (Å²) in [6.07, 6.45) is 3.16. The average Bonchev–Trinajstić information content (AvgIpc) is 3.09. The van der Waals surface area contributed by atoms with Crippen LogP contribution >= 0.6 is 0 Å². The molecule has 1 heterocycles. The van der Waals surface area contributed by atoms with Crippen molar-refractivity contribution < 1.29 is 0 Å². The Balaban J connectivity index is 1.93. The molecule has 0 bridgehead atoms. The lowest BCUT2D eigenvalue weighted by Gasteiger charge is -2.24. The fourth-order valence-corrected chi connectivity index (χ4v) is 2.18. The van der Waals surface area contributed by atoms with Crippen molar-refractivity contribution in [3.63, 3.8) is 0 Å². The maximum atomic E-state index is 8.92. The van der Waals surface area contributed by atoms with Crippen molar-refractivity contribution in [2.75, 3.05) is 5.01 Å². The van der Waals surface area contributed by atoms with Gasteiger partial charge in [0, 0.05) is 0 Å². The highest BCUT2D eigenvalue weighted by atomic mass is 15.7. The van der Waals surface area contributed by atoms with E-state index >= 15 is 0 Å². The molecule has 0 aliphatic carbocycles. The quantitative estimate of drug-likeness (QED) is 0.740. The van der Waals surface area contributed by atoms with Crippen LogP contribution in [0.25, 0.3) is 0 Å². The second-order valence-electron chi connectivity index (χ2n) is 5.02. The first-order chi connectivity index (χ1) is 10.8. The molecule has 0 aliphatic heterocycles. The molecule has 0 saturated heterocycles. The highest BCUT2D eigenvalue weighted by Crippen LogP contribution is 2.18. The normalized spacial score (nSPS) is 10.2. The van der Waals surface area contributed by atoms with E-state index in [1.54, 1.807) is 23.3 Å². The van der Waals surface area contributed by atoms with Gasteiger partial charge in [0.1, 0.15) is 12.7 Å². The summed E-state index contributed by atoms with van der Waals surface area (Å²) in [5, 5.41) is 15.1. The number of aromatic nitrogens is 3. The van der Waals surface area contributed by atoms with Gasteiger partial charge in [-0.3, -0.25) is 5.01 Å². The van der Waals surface area contributed by atoms with Crippen LogP contribution in [0.5, 0.6) is 0 Å². The van der Waals surface area contributed by atoms with Crippen LogP contribution in [0.4, 0.5) is 5.69 Å². The van der Waals surface area contributed by atoms with Crippen LogP contribution in [0.2, 0.25) is 0 Å². The van der Waals surface area contributed by atoms with Crippen LogP contribution in [0.15, 0.2) is 61.2 Å². The maximum absolute atomic E-state index is 8.92. The summed E-state index contributed by atoms with van der Waals surface area (Å²) in [5.41, 5.74) is 3.99. The Hall–Kier alpha value is -3.13. The van der Waals surface area contributed by atoms with Gasteiger partial charge in [0.2, 0.25) is 0 Å². The van der Waals surface area contributed by atoms with Gasteiger partial charge in [0.25, 0.3) is 0 Å². The van der Waals surface area contributed by atoms with E-state index in [-0.39, 0.29) is 0 Å². The Morgan fingerprint density at radius 3 is 2.41 bits per heavy atom. The summed E-state index contributed by atoms with van der Waals surface area (Å²) in [6, 6.07) is 17.9.